The first-order valence-electron chi connectivity index (χ1n) is 12.2. The van der Waals surface area contributed by atoms with Crippen LogP contribution in [-0.2, 0) is 0 Å². The summed E-state index contributed by atoms with van der Waals surface area (Å²) in [5.41, 5.74) is 15.5. The lowest BCUT2D eigenvalue weighted by molar-refractivity contribution is -0.385. The average molecular weight is 565 g/mol. The highest BCUT2D eigenvalue weighted by Crippen LogP contribution is 2.25. The lowest BCUT2D eigenvalue weighted by Crippen LogP contribution is -2.10. The molecule has 2 aromatic heterocycles. The minimum absolute atomic E-state index is 0.0193. The number of fused-ring (bicyclic) bond motifs is 2. The van der Waals surface area contributed by atoms with Crippen LogP contribution < -0.4 is 11.5 Å². The maximum Gasteiger partial charge on any atom is 0.269 e. The molecule has 6 aromatic rings. The predicted molar refractivity (Wildman–Crippen MR) is 153 cm³/mol. The molecule has 0 aliphatic rings. The smallest absolute Gasteiger partial charge is 0.269 e. The van der Waals surface area contributed by atoms with Crippen molar-refractivity contribution in [1.29, 1.82) is 0 Å². The molecule has 208 valence electrons. The Bertz CT molecular complexity index is 1850. The normalized spacial score (nSPS) is 10.7. The number of carbonyl (C=O) groups excluding carboxylic acids is 2. The van der Waals surface area contributed by atoms with Crippen molar-refractivity contribution in [3.8, 4) is 22.8 Å². The van der Waals surface area contributed by atoms with E-state index in [-0.39, 0.29) is 11.4 Å². The van der Waals surface area contributed by atoms with Gasteiger partial charge in [0.25, 0.3) is 11.4 Å². The number of hydrogen-bond donors (Lipinski definition) is 4. The molecular formula is C28H20N8O6. The topological polar surface area (TPSA) is 230 Å². The van der Waals surface area contributed by atoms with Crippen LogP contribution in [0.1, 0.15) is 20.7 Å². The minimum Gasteiger partial charge on any atom is -0.366 e. The monoisotopic (exact) mass is 564 g/mol. The molecule has 0 atom stereocenters. The Hall–Kier alpha value is -6.44. The molecule has 6 rings (SSSR count). The summed E-state index contributed by atoms with van der Waals surface area (Å²) in [4.78, 5) is 57.5. The minimum atomic E-state index is -0.511. The van der Waals surface area contributed by atoms with Gasteiger partial charge in [0.15, 0.2) is 0 Å². The number of H-pyrrole nitrogens is 2. The average Bonchev–Trinajstić information content (AvgIpc) is 3.61. The summed E-state index contributed by atoms with van der Waals surface area (Å²) < 4.78 is 0. The summed E-state index contributed by atoms with van der Waals surface area (Å²) in [7, 11) is 0. The number of carbonyl (C=O) groups is 2. The Morgan fingerprint density at radius 3 is 1.26 bits per heavy atom. The number of benzene rings is 4. The number of imidazole rings is 2. The molecule has 2 heterocycles. The second-order valence-electron chi connectivity index (χ2n) is 8.97. The Kier molecular flexibility index (Phi) is 7.09. The number of nitro groups is 2. The van der Waals surface area contributed by atoms with Gasteiger partial charge < -0.3 is 21.4 Å². The van der Waals surface area contributed by atoms with Gasteiger partial charge in [0.05, 0.1) is 31.9 Å². The van der Waals surface area contributed by atoms with Gasteiger partial charge in [-0.2, -0.15) is 0 Å². The second-order valence-corrected chi connectivity index (χ2v) is 8.97. The zero-order valence-electron chi connectivity index (χ0n) is 21.5. The molecule has 0 spiro atoms. The number of nitrogens with one attached hydrogen (secondary N) is 2. The van der Waals surface area contributed by atoms with E-state index in [1.165, 1.54) is 24.3 Å². The Balaban J connectivity index is 0.000000168. The summed E-state index contributed by atoms with van der Waals surface area (Å²) in [6.07, 6.45) is 0. The van der Waals surface area contributed by atoms with Gasteiger partial charge in [-0.3, -0.25) is 29.8 Å². The number of nitro benzene ring substituents is 2. The zero-order valence-corrected chi connectivity index (χ0v) is 21.5. The third kappa shape index (κ3) is 5.62. The molecule has 0 aliphatic carbocycles. The highest BCUT2D eigenvalue weighted by Gasteiger charge is 2.11. The fraction of sp³-hybridized carbons (Fsp3) is 0. The number of amides is 2. The van der Waals surface area contributed by atoms with Crippen molar-refractivity contribution >= 4 is 45.3 Å². The molecule has 0 radical (unpaired) electrons. The first kappa shape index (κ1) is 27.1. The molecule has 6 N–H and O–H groups in total. The standard InChI is InChI=1S/2C14H10N4O3/c2*15-13(19)9-3-6-11-12(7-9)17-14(16-11)8-1-4-10(5-2-8)18(20)21/h2*1-7H,(H2,15,19)(H,16,17). The van der Waals surface area contributed by atoms with Gasteiger partial charge in [-0.15, -0.1) is 0 Å². The van der Waals surface area contributed by atoms with Gasteiger partial charge in [-0.05, 0) is 60.7 Å². The highest BCUT2D eigenvalue weighted by atomic mass is 16.6. The number of non-ortho nitro benzene ring substituents is 2. The van der Waals surface area contributed by atoms with Crippen LogP contribution in [0.2, 0.25) is 0 Å². The summed E-state index contributed by atoms with van der Waals surface area (Å²) in [6.45, 7) is 0. The summed E-state index contributed by atoms with van der Waals surface area (Å²) in [5.74, 6) is 0.120. The van der Waals surface area contributed by atoms with Crippen molar-refractivity contribution in [1.82, 2.24) is 19.9 Å². The number of nitrogens with two attached hydrogens (primary N) is 2. The van der Waals surface area contributed by atoms with Crippen LogP contribution in [0, 0.1) is 20.2 Å². The Labute approximate surface area is 235 Å². The van der Waals surface area contributed by atoms with Gasteiger partial charge in [-0.25, -0.2) is 9.97 Å². The highest BCUT2D eigenvalue weighted by molar-refractivity contribution is 5.97. The first-order chi connectivity index (χ1) is 20.1. The number of primary amides is 2. The van der Waals surface area contributed by atoms with E-state index < -0.39 is 21.7 Å². The molecule has 0 aliphatic heterocycles. The van der Waals surface area contributed by atoms with Crippen LogP contribution in [0.15, 0.2) is 84.9 Å². The fourth-order valence-corrected chi connectivity index (χ4v) is 4.08. The second kappa shape index (κ2) is 11.0. The van der Waals surface area contributed by atoms with Gasteiger partial charge in [0.2, 0.25) is 11.8 Å². The van der Waals surface area contributed by atoms with Crippen LogP contribution in [0.5, 0.6) is 0 Å². The SMILES string of the molecule is NC(=O)c1ccc2nc(-c3ccc([N+](=O)[O-])cc3)[nH]c2c1.NC(=O)c1ccc2nc(-c3ccc([N+](=O)[O-])cc3)[nH]c2c1. The molecule has 0 unspecified atom stereocenters. The first-order valence-corrected chi connectivity index (χ1v) is 12.2. The van der Waals surface area contributed by atoms with E-state index in [1.807, 2.05) is 0 Å². The van der Waals surface area contributed by atoms with Crippen molar-refractivity contribution in [2.24, 2.45) is 11.5 Å². The third-order valence-corrected chi connectivity index (χ3v) is 6.24. The summed E-state index contributed by atoms with van der Waals surface area (Å²) >= 11 is 0. The zero-order chi connectivity index (χ0) is 30.0. The van der Waals surface area contributed by atoms with Gasteiger partial charge in [-0.1, -0.05) is 0 Å². The van der Waals surface area contributed by atoms with Crippen LogP contribution in [0.25, 0.3) is 44.8 Å². The number of aromatic nitrogens is 4. The van der Waals surface area contributed by atoms with E-state index in [2.05, 4.69) is 19.9 Å². The van der Waals surface area contributed by atoms with Crippen LogP contribution in [0.4, 0.5) is 11.4 Å². The Morgan fingerprint density at radius 1 is 0.595 bits per heavy atom. The van der Waals surface area contributed by atoms with Crippen molar-refractivity contribution in [3.63, 3.8) is 0 Å². The number of hydrogen-bond acceptors (Lipinski definition) is 8. The molecule has 42 heavy (non-hydrogen) atoms. The largest absolute Gasteiger partial charge is 0.366 e. The maximum atomic E-state index is 11.1. The maximum absolute atomic E-state index is 11.1. The van der Waals surface area contributed by atoms with E-state index in [0.29, 0.717) is 44.8 Å². The van der Waals surface area contributed by atoms with Crippen LogP contribution >= 0.6 is 0 Å². The molecule has 14 nitrogen and oxygen atoms in total. The molecule has 0 saturated carbocycles. The van der Waals surface area contributed by atoms with E-state index in [9.17, 15) is 29.8 Å². The van der Waals surface area contributed by atoms with Crippen molar-refractivity contribution in [3.05, 3.63) is 116 Å². The molecule has 2 amide bonds. The molecule has 14 heteroatoms. The number of rotatable bonds is 6. The molecular weight excluding hydrogens is 544 g/mol. The van der Waals surface area contributed by atoms with Crippen LogP contribution in [-0.4, -0.2) is 41.6 Å². The van der Waals surface area contributed by atoms with Crippen molar-refractivity contribution in [2.75, 3.05) is 0 Å². The third-order valence-electron chi connectivity index (χ3n) is 6.24. The number of aromatic amines is 2. The van der Waals surface area contributed by atoms with Crippen LogP contribution in [0.3, 0.4) is 0 Å². The number of nitrogens with zero attached hydrogens (tertiary/aromatic N) is 4. The summed E-state index contributed by atoms with van der Waals surface area (Å²) in [5, 5.41) is 21.3. The quantitative estimate of drug-likeness (QED) is 0.166. The fourth-order valence-electron chi connectivity index (χ4n) is 4.08. The van der Waals surface area contributed by atoms with Gasteiger partial charge in [0.1, 0.15) is 11.6 Å². The van der Waals surface area contributed by atoms with Gasteiger partial charge >= 0.3 is 0 Å². The molecule has 0 saturated heterocycles. The lowest BCUT2D eigenvalue weighted by atomic mass is 10.2. The Morgan fingerprint density at radius 2 is 0.952 bits per heavy atom. The van der Waals surface area contributed by atoms with Crippen molar-refractivity contribution in [2.45, 2.75) is 0 Å². The molecule has 4 aromatic carbocycles. The molecule has 0 bridgehead atoms. The van der Waals surface area contributed by atoms with E-state index in [4.69, 9.17) is 11.5 Å². The van der Waals surface area contributed by atoms with E-state index in [1.54, 1.807) is 60.7 Å². The van der Waals surface area contributed by atoms with E-state index in [0.717, 1.165) is 11.1 Å². The van der Waals surface area contributed by atoms with Crippen molar-refractivity contribution < 1.29 is 19.4 Å². The molecule has 0 fully saturated rings. The van der Waals surface area contributed by atoms with Gasteiger partial charge in [0, 0.05) is 46.5 Å². The summed E-state index contributed by atoms with van der Waals surface area (Å²) in [6, 6.07) is 22.0. The lowest BCUT2D eigenvalue weighted by Gasteiger charge is -1.95. The van der Waals surface area contributed by atoms with E-state index >= 15 is 0 Å². The predicted octanol–water partition coefficient (Wildman–Crippen LogP) is 4.47.